The summed E-state index contributed by atoms with van der Waals surface area (Å²) in [4.78, 5) is 27.4. The summed E-state index contributed by atoms with van der Waals surface area (Å²) >= 11 is 0. The summed E-state index contributed by atoms with van der Waals surface area (Å²) in [5.74, 6) is 0.106. The monoisotopic (exact) mass is 287 g/mol. The molecule has 0 saturated carbocycles. The third-order valence-corrected chi connectivity index (χ3v) is 3.40. The van der Waals surface area contributed by atoms with Gasteiger partial charge in [0.25, 0.3) is 0 Å². The van der Waals surface area contributed by atoms with Crippen LogP contribution in [0.2, 0.25) is 0 Å². The Hall–Kier alpha value is -1.94. The fourth-order valence-electron chi connectivity index (χ4n) is 2.17. The number of ketones is 2. The largest absolute Gasteiger partial charge is 0.384 e. The Morgan fingerprint density at radius 3 is 2.52 bits per heavy atom. The maximum absolute atomic E-state index is 12.3. The van der Waals surface area contributed by atoms with Crippen LogP contribution in [0, 0.1) is 5.41 Å². The van der Waals surface area contributed by atoms with Crippen molar-refractivity contribution in [3.8, 4) is 0 Å². The lowest BCUT2D eigenvalue weighted by Gasteiger charge is -2.14. The highest BCUT2D eigenvalue weighted by atomic mass is 16.5. The van der Waals surface area contributed by atoms with E-state index in [4.69, 9.17) is 4.74 Å². The third-order valence-electron chi connectivity index (χ3n) is 3.40. The van der Waals surface area contributed by atoms with Crippen molar-refractivity contribution in [3.63, 3.8) is 0 Å². The van der Waals surface area contributed by atoms with Crippen LogP contribution >= 0.6 is 0 Å². The first-order valence-electron chi connectivity index (χ1n) is 7.02. The van der Waals surface area contributed by atoms with E-state index in [-0.39, 0.29) is 11.6 Å². The number of aromatic nitrogens is 1. The Morgan fingerprint density at radius 1 is 1.19 bits per heavy atom. The maximum Gasteiger partial charge on any atom is 0.184 e. The first-order valence-corrected chi connectivity index (χ1v) is 7.02. The fourth-order valence-corrected chi connectivity index (χ4v) is 2.17. The van der Waals surface area contributed by atoms with Crippen LogP contribution in [0.5, 0.6) is 0 Å². The van der Waals surface area contributed by atoms with Gasteiger partial charge in [-0.15, -0.1) is 0 Å². The van der Waals surface area contributed by atoms with E-state index in [9.17, 15) is 9.59 Å². The van der Waals surface area contributed by atoms with E-state index in [0.717, 1.165) is 10.9 Å². The molecule has 0 aliphatic rings. The van der Waals surface area contributed by atoms with Gasteiger partial charge in [-0.25, -0.2) is 0 Å². The molecule has 112 valence electrons. The second-order valence-electron chi connectivity index (χ2n) is 6.23. The van der Waals surface area contributed by atoms with E-state index in [1.165, 1.54) is 0 Å². The molecule has 0 atom stereocenters. The minimum absolute atomic E-state index is 0.0450. The summed E-state index contributed by atoms with van der Waals surface area (Å²) in [5.41, 5.74) is 1.66. The lowest BCUT2D eigenvalue weighted by atomic mass is 9.89. The Bertz CT molecular complexity index is 677. The molecular weight excluding hydrogens is 266 g/mol. The number of aromatic amines is 1. The average Bonchev–Trinajstić information content (AvgIpc) is 2.85. The zero-order valence-electron chi connectivity index (χ0n) is 12.9. The van der Waals surface area contributed by atoms with E-state index in [1.54, 1.807) is 13.2 Å². The van der Waals surface area contributed by atoms with Crippen LogP contribution in [0.15, 0.2) is 24.3 Å². The van der Waals surface area contributed by atoms with E-state index in [2.05, 4.69) is 4.98 Å². The first-order chi connectivity index (χ1) is 9.82. The van der Waals surface area contributed by atoms with Crippen molar-refractivity contribution in [3.05, 3.63) is 35.5 Å². The fraction of sp³-hybridized carbons (Fsp3) is 0.412. The lowest BCUT2D eigenvalue weighted by Crippen LogP contribution is -2.20. The molecule has 0 amide bonds. The Morgan fingerprint density at radius 2 is 1.90 bits per heavy atom. The van der Waals surface area contributed by atoms with Crippen LogP contribution in [0.1, 0.15) is 48.0 Å². The minimum Gasteiger partial charge on any atom is -0.384 e. The number of carbonyl (C=O) groups is 2. The van der Waals surface area contributed by atoms with E-state index in [1.807, 2.05) is 39.0 Å². The molecule has 0 radical (unpaired) electrons. The molecule has 1 N–H and O–H groups in total. The van der Waals surface area contributed by atoms with Crippen LogP contribution in [-0.2, 0) is 4.74 Å². The standard InChI is InChI=1S/C17H21NO3/c1-17(2,3)16(20)14-10-12-9-11(5-6-13(12)18-14)15(19)7-8-21-4/h5-6,9-10,18H,7-8H2,1-4H3. The number of Topliss-reactive ketones (excluding diaryl/α,β-unsaturated/α-hetero) is 2. The number of hydrogen-bond acceptors (Lipinski definition) is 3. The van der Waals surface area contributed by atoms with Crippen molar-refractivity contribution in [1.29, 1.82) is 0 Å². The zero-order chi connectivity index (χ0) is 15.6. The highest BCUT2D eigenvalue weighted by molar-refractivity contribution is 6.04. The molecule has 0 spiro atoms. The summed E-state index contributed by atoms with van der Waals surface area (Å²) in [6.07, 6.45) is 0.361. The van der Waals surface area contributed by atoms with Crippen molar-refractivity contribution in [2.24, 2.45) is 5.41 Å². The number of methoxy groups -OCH3 is 1. The molecule has 0 unspecified atom stereocenters. The van der Waals surface area contributed by atoms with Crippen LogP contribution in [0.3, 0.4) is 0 Å². The first kappa shape index (κ1) is 15.4. The predicted molar refractivity (Wildman–Crippen MR) is 82.9 cm³/mol. The number of ether oxygens (including phenoxy) is 1. The molecule has 4 nitrogen and oxygen atoms in total. The molecule has 1 aromatic carbocycles. The second kappa shape index (κ2) is 5.82. The van der Waals surface area contributed by atoms with Gasteiger partial charge in [-0.3, -0.25) is 9.59 Å². The summed E-state index contributed by atoms with van der Waals surface area (Å²) in [6, 6.07) is 7.26. The number of H-pyrrole nitrogens is 1. The van der Waals surface area contributed by atoms with Gasteiger partial charge in [-0.05, 0) is 24.3 Å². The third kappa shape index (κ3) is 3.39. The average molecular weight is 287 g/mol. The molecule has 0 aliphatic heterocycles. The van der Waals surface area contributed by atoms with Gasteiger partial charge in [0.15, 0.2) is 11.6 Å². The van der Waals surface area contributed by atoms with Crippen LogP contribution in [-0.4, -0.2) is 30.3 Å². The topological polar surface area (TPSA) is 59.2 Å². The van der Waals surface area contributed by atoms with Gasteiger partial charge in [-0.2, -0.15) is 0 Å². The van der Waals surface area contributed by atoms with Gasteiger partial charge >= 0.3 is 0 Å². The molecule has 1 heterocycles. The second-order valence-corrected chi connectivity index (χ2v) is 6.23. The Balaban J connectivity index is 2.32. The smallest absolute Gasteiger partial charge is 0.184 e. The molecule has 2 rings (SSSR count). The van der Waals surface area contributed by atoms with E-state index < -0.39 is 5.41 Å². The maximum atomic E-state index is 12.3. The predicted octanol–water partition coefficient (Wildman–Crippen LogP) is 3.62. The molecule has 1 aromatic heterocycles. The van der Waals surface area contributed by atoms with Gasteiger partial charge in [0, 0.05) is 35.4 Å². The number of fused-ring (bicyclic) bond motifs is 1. The number of benzene rings is 1. The van der Waals surface area contributed by atoms with Crippen LogP contribution in [0.4, 0.5) is 0 Å². The molecule has 2 aromatic rings. The lowest BCUT2D eigenvalue weighted by molar-refractivity contribution is 0.0853. The number of hydrogen-bond donors (Lipinski definition) is 1. The van der Waals surface area contributed by atoms with Gasteiger partial charge in [0.2, 0.25) is 0 Å². The van der Waals surface area contributed by atoms with Gasteiger partial charge in [-0.1, -0.05) is 20.8 Å². The summed E-state index contributed by atoms with van der Waals surface area (Å²) < 4.78 is 4.92. The SMILES string of the molecule is COCCC(=O)c1ccc2[nH]c(C(=O)C(C)(C)C)cc2c1. The summed E-state index contributed by atoms with van der Waals surface area (Å²) in [5, 5.41) is 0.880. The molecule has 4 heteroatoms. The molecule has 0 saturated heterocycles. The van der Waals surface area contributed by atoms with Crippen LogP contribution in [0.25, 0.3) is 10.9 Å². The van der Waals surface area contributed by atoms with Gasteiger partial charge in [0.05, 0.1) is 12.3 Å². The Labute approximate surface area is 124 Å². The Kier molecular flexibility index (Phi) is 4.28. The van der Waals surface area contributed by atoms with Crippen molar-refractivity contribution >= 4 is 22.5 Å². The van der Waals surface area contributed by atoms with Gasteiger partial charge < -0.3 is 9.72 Å². The number of nitrogens with one attached hydrogen (secondary N) is 1. The summed E-state index contributed by atoms with van der Waals surface area (Å²) in [6.45, 7) is 6.08. The number of carbonyl (C=O) groups excluding carboxylic acids is 2. The quantitative estimate of drug-likeness (QED) is 0.854. The van der Waals surface area contributed by atoms with Crippen molar-refractivity contribution < 1.29 is 14.3 Å². The highest BCUT2D eigenvalue weighted by Crippen LogP contribution is 2.24. The zero-order valence-corrected chi connectivity index (χ0v) is 12.9. The molecular formula is C17H21NO3. The molecule has 0 fully saturated rings. The normalized spacial score (nSPS) is 11.8. The highest BCUT2D eigenvalue weighted by Gasteiger charge is 2.24. The minimum atomic E-state index is -0.433. The molecule has 0 aliphatic carbocycles. The van der Waals surface area contributed by atoms with Crippen molar-refractivity contribution in [2.75, 3.05) is 13.7 Å². The molecule has 0 bridgehead atoms. The summed E-state index contributed by atoms with van der Waals surface area (Å²) in [7, 11) is 1.58. The molecule has 21 heavy (non-hydrogen) atoms. The van der Waals surface area contributed by atoms with Crippen molar-refractivity contribution in [2.45, 2.75) is 27.2 Å². The van der Waals surface area contributed by atoms with Gasteiger partial charge in [0.1, 0.15) is 0 Å². The van der Waals surface area contributed by atoms with E-state index in [0.29, 0.717) is 24.3 Å². The van der Waals surface area contributed by atoms with E-state index >= 15 is 0 Å². The van der Waals surface area contributed by atoms with Crippen molar-refractivity contribution in [1.82, 2.24) is 4.98 Å². The number of rotatable bonds is 5. The van der Waals surface area contributed by atoms with Crippen LogP contribution < -0.4 is 0 Å².